The van der Waals surface area contributed by atoms with Crippen molar-refractivity contribution in [3.05, 3.63) is 36.7 Å². The zero-order chi connectivity index (χ0) is 13.7. The van der Waals surface area contributed by atoms with Gasteiger partial charge in [0.1, 0.15) is 0 Å². The number of rotatable bonds is 5. The molecule has 100 valence electrons. The van der Waals surface area contributed by atoms with Gasteiger partial charge < -0.3 is 11.1 Å². The number of carbonyl (C=O) groups is 1. The van der Waals surface area contributed by atoms with Gasteiger partial charge in [0.25, 0.3) is 0 Å². The molecular formula is C13H17N5O. The summed E-state index contributed by atoms with van der Waals surface area (Å²) in [6, 6.07) is 6.81. The Morgan fingerprint density at radius 1 is 1.32 bits per heavy atom. The van der Waals surface area contributed by atoms with Gasteiger partial charge in [0.15, 0.2) is 0 Å². The molecule has 1 unspecified atom stereocenters. The number of hydrogen-bond acceptors (Lipinski definition) is 4. The minimum absolute atomic E-state index is 0.160. The van der Waals surface area contributed by atoms with Crippen LogP contribution in [-0.4, -0.2) is 26.9 Å². The van der Waals surface area contributed by atoms with Crippen LogP contribution in [0, 0.1) is 0 Å². The number of nitrogens with zero attached hydrogens (tertiary/aromatic N) is 3. The summed E-state index contributed by atoms with van der Waals surface area (Å²) in [5.41, 5.74) is 7.30. The minimum atomic E-state index is -0.461. The van der Waals surface area contributed by atoms with E-state index in [2.05, 4.69) is 15.5 Å². The predicted octanol–water partition coefficient (Wildman–Crippen LogP) is 1.33. The Bertz CT molecular complexity index is 520. The zero-order valence-electron chi connectivity index (χ0n) is 10.8. The number of amides is 1. The summed E-state index contributed by atoms with van der Waals surface area (Å²) in [6.07, 6.45) is 4.79. The van der Waals surface area contributed by atoms with E-state index in [1.54, 1.807) is 24.5 Å². The normalized spacial score (nSPS) is 12.1. The minimum Gasteiger partial charge on any atom is -0.325 e. The van der Waals surface area contributed by atoms with Gasteiger partial charge in [0.2, 0.25) is 5.91 Å². The SMILES string of the molecule is CCCC(N)C(=O)Nc1ccc(-n2nccn2)cc1. The van der Waals surface area contributed by atoms with E-state index in [9.17, 15) is 4.79 Å². The standard InChI is InChI=1S/C13H17N5O/c1-2-3-12(14)13(19)17-10-4-6-11(7-5-10)18-15-8-9-16-18/h4-9,12H,2-3,14H2,1H3,(H,17,19). The van der Waals surface area contributed by atoms with Gasteiger partial charge in [-0.2, -0.15) is 15.0 Å². The van der Waals surface area contributed by atoms with E-state index in [-0.39, 0.29) is 5.91 Å². The molecule has 0 fully saturated rings. The lowest BCUT2D eigenvalue weighted by Crippen LogP contribution is -2.35. The summed E-state index contributed by atoms with van der Waals surface area (Å²) in [6.45, 7) is 2.00. The number of aromatic nitrogens is 3. The first-order chi connectivity index (χ1) is 9.20. The Kier molecular flexibility index (Phi) is 4.25. The Hall–Kier alpha value is -2.21. The average Bonchev–Trinajstić information content (AvgIpc) is 2.94. The third-order valence-corrected chi connectivity index (χ3v) is 2.72. The third kappa shape index (κ3) is 3.38. The fraction of sp³-hybridized carbons (Fsp3) is 0.308. The fourth-order valence-electron chi connectivity index (χ4n) is 1.70. The van der Waals surface area contributed by atoms with Crippen LogP contribution in [0.2, 0.25) is 0 Å². The molecule has 0 aliphatic rings. The Morgan fingerprint density at radius 3 is 2.53 bits per heavy atom. The van der Waals surface area contributed by atoms with Crippen molar-refractivity contribution in [1.29, 1.82) is 0 Å². The first kappa shape index (κ1) is 13.2. The van der Waals surface area contributed by atoms with Gasteiger partial charge in [0.05, 0.1) is 24.1 Å². The first-order valence-corrected chi connectivity index (χ1v) is 6.24. The predicted molar refractivity (Wildman–Crippen MR) is 72.9 cm³/mol. The molecule has 1 aromatic heterocycles. The number of anilines is 1. The molecule has 0 spiro atoms. The van der Waals surface area contributed by atoms with Crippen LogP contribution >= 0.6 is 0 Å². The fourth-order valence-corrected chi connectivity index (χ4v) is 1.70. The molecule has 0 bridgehead atoms. The second-order valence-corrected chi connectivity index (χ2v) is 4.25. The molecule has 3 N–H and O–H groups in total. The molecule has 0 saturated heterocycles. The molecule has 6 heteroatoms. The van der Waals surface area contributed by atoms with Crippen molar-refractivity contribution >= 4 is 11.6 Å². The molecule has 0 radical (unpaired) electrons. The van der Waals surface area contributed by atoms with Gasteiger partial charge in [-0.05, 0) is 30.7 Å². The molecule has 2 rings (SSSR count). The van der Waals surface area contributed by atoms with Crippen LogP contribution in [0.3, 0.4) is 0 Å². The van der Waals surface area contributed by atoms with Gasteiger partial charge in [0, 0.05) is 5.69 Å². The van der Waals surface area contributed by atoms with E-state index >= 15 is 0 Å². The maximum absolute atomic E-state index is 11.7. The molecule has 1 aromatic carbocycles. The van der Waals surface area contributed by atoms with Crippen molar-refractivity contribution in [2.45, 2.75) is 25.8 Å². The van der Waals surface area contributed by atoms with E-state index < -0.39 is 6.04 Å². The molecule has 2 aromatic rings. The van der Waals surface area contributed by atoms with Gasteiger partial charge in [-0.3, -0.25) is 4.79 Å². The Morgan fingerprint density at radius 2 is 1.95 bits per heavy atom. The largest absolute Gasteiger partial charge is 0.325 e. The highest BCUT2D eigenvalue weighted by Gasteiger charge is 2.12. The van der Waals surface area contributed by atoms with Crippen molar-refractivity contribution < 1.29 is 4.79 Å². The van der Waals surface area contributed by atoms with Crippen LogP contribution in [0.15, 0.2) is 36.7 Å². The topological polar surface area (TPSA) is 85.8 Å². The van der Waals surface area contributed by atoms with Crippen molar-refractivity contribution in [1.82, 2.24) is 15.0 Å². The summed E-state index contributed by atoms with van der Waals surface area (Å²) in [7, 11) is 0. The maximum Gasteiger partial charge on any atom is 0.241 e. The lowest BCUT2D eigenvalue weighted by atomic mass is 10.1. The van der Waals surface area contributed by atoms with Crippen LogP contribution in [-0.2, 0) is 4.79 Å². The van der Waals surface area contributed by atoms with Gasteiger partial charge in [-0.1, -0.05) is 13.3 Å². The number of nitrogens with two attached hydrogens (primary N) is 1. The number of carbonyl (C=O) groups excluding carboxylic acids is 1. The number of nitrogens with one attached hydrogen (secondary N) is 1. The van der Waals surface area contributed by atoms with Crippen molar-refractivity contribution in [2.75, 3.05) is 5.32 Å². The molecule has 1 atom stereocenters. The van der Waals surface area contributed by atoms with Gasteiger partial charge >= 0.3 is 0 Å². The number of hydrogen-bond donors (Lipinski definition) is 2. The average molecular weight is 259 g/mol. The molecule has 0 saturated carbocycles. The van der Waals surface area contributed by atoms with Crippen molar-refractivity contribution in [2.24, 2.45) is 5.73 Å². The summed E-state index contributed by atoms with van der Waals surface area (Å²) >= 11 is 0. The van der Waals surface area contributed by atoms with Crippen molar-refractivity contribution in [3.63, 3.8) is 0 Å². The van der Waals surface area contributed by atoms with Crippen LogP contribution < -0.4 is 11.1 Å². The smallest absolute Gasteiger partial charge is 0.241 e. The summed E-state index contributed by atoms with van der Waals surface area (Å²) < 4.78 is 0. The van der Waals surface area contributed by atoms with Crippen LogP contribution in [0.5, 0.6) is 0 Å². The highest BCUT2D eigenvalue weighted by atomic mass is 16.2. The summed E-state index contributed by atoms with van der Waals surface area (Å²) in [5.74, 6) is -0.160. The zero-order valence-corrected chi connectivity index (χ0v) is 10.8. The highest BCUT2D eigenvalue weighted by Crippen LogP contribution is 2.12. The molecular weight excluding hydrogens is 242 g/mol. The monoisotopic (exact) mass is 259 g/mol. The van der Waals surface area contributed by atoms with Gasteiger partial charge in [-0.15, -0.1) is 0 Å². The summed E-state index contributed by atoms with van der Waals surface area (Å²) in [4.78, 5) is 13.3. The molecule has 1 amide bonds. The van der Waals surface area contributed by atoms with Crippen LogP contribution in [0.25, 0.3) is 5.69 Å². The summed E-state index contributed by atoms with van der Waals surface area (Å²) in [5, 5.41) is 10.8. The quantitative estimate of drug-likeness (QED) is 0.848. The van der Waals surface area contributed by atoms with Gasteiger partial charge in [-0.25, -0.2) is 0 Å². The Balaban J connectivity index is 2.01. The van der Waals surface area contributed by atoms with E-state index in [0.717, 1.165) is 12.1 Å². The second-order valence-electron chi connectivity index (χ2n) is 4.25. The van der Waals surface area contributed by atoms with E-state index in [0.29, 0.717) is 12.1 Å². The molecule has 1 heterocycles. The van der Waals surface area contributed by atoms with Crippen LogP contribution in [0.4, 0.5) is 5.69 Å². The molecule has 0 aliphatic carbocycles. The lowest BCUT2D eigenvalue weighted by molar-refractivity contribution is -0.117. The van der Waals surface area contributed by atoms with Crippen LogP contribution in [0.1, 0.15) is 19.8 Å². The van der Waals surface area contributed by atoms with E-state index in [1.807, 2.05) is 19.1 Å². The molecule has 0 aliphatic heterocycles. The number of benzene rings is 1. The first-order valence-electron chi connectivity index (χ1n) is 6.24. The Labute approximate surface area is 111 Å². The highest BCUT2D eigenvalue weighted by molar-refractivity contribution is 5.94. The van der Waals surface area contributed by atoms with E-state index in [4.69, 9.17) is 5.73 Å². The van der Waals surface area contributed by atoms with Crippen molar-refractivity contribution in [3.8, 4) is 5.69 Å². The second kappa shape index (κ2) is 6.10. The molecule has 19 heavy (non-hydrogen) atoms. The molecule has 6 nitrogen and oxygen atoms in total. The van der Waals surface area contributed by atoms with E-state index in [1.165, 1.54) is 4.80 Å². The maximum atomic E-state index is 11.7. The third-order valence-electron chi connectivity index (χ3n) is 2.72. The lowest BCUT2D eigenvalue weighted by Gasteiger charge is -2.11.